The van der Waals surface area contributed by atoms with Crippen LogP contribution in [0.15, 0.2) is 42.5 Å². The van der Waals surface area contributed by atoms with Gasteiger partial charge in [0.25, 0.3) is 11.6 Å². The number of benzene rings is 2. The van der Waals surface area contributed by atoms with Gasteiger partial charge in [0, 0.05) is 12.1 Å². The highest BCUT2D eigenvalue weighted by Gasteiger charge is 2.15. The van der Waals surface area contributed by atoms with E-state index in [2.05, 4.69) is 5.32 Å². The summed E-state index contributed by atoms with van der Waals surface area (Å²) < 4.78 is 23.9. The van der Waals surface area contributed by atoms with Crippen LogP contribution in [0.4, 0.5) is 15.8 Å². The van der Waals surface area contributed by atoms with Crippen molar-refractivity contribution in [2.24, 2.45) is 0 Å². The normalized spacial score (nSPS) is 10.4. The molecule has 0 atom stereocenters. The van der Waals surface area contributed by atoms with Crippen molar-refractivity contribution in [2.45, 2.75) is 19.8 Å². The highest BCUT2D eigenvalue weighted by molar-refractivity contribution is 5.93. The number of anilines is 1. The first kappa shape index (κ1) is 20.8. The Kier molecular flexibility index (Phi) is 7.02. The number of ether oxygens (including phenoxy) is 2. The van der Waals surface area contributed by atoms with Crippen molar-refractivity contribution in [1.29, 1.82) is 0 Å². The second kappa shape index (κ2) is 9.45. The summed E-state index contributed by atoms with van der Waals surface area (Å²) in [6, 6.07) is 9.94. The number of para-hydroxylation sites is 1. The fraction of sp³-hybridized carbons (Fsp3) is 0.263. The Hall–Kier alpha value is -3.49. The predicted molar refractivity (Wildman–Crippen MR) is 98.7 cm³/mol. The molecular weight excluding hydrogens is 371 g/mol. The minimum Gasteiger partial charge on any atom is -0.482 e. The summed E-state index contributed by atoms with van der Waals surface area (Å²) in [5, 5.41) is 12.8. The van der Waals surface area contributed by atoms with Crippen LogP contribution in [-0.2, 0) is 14.3 Å². The van der Waals surface area contributed by atoms with Gasteiger partial charge < -0.3 is 14.8 Å². The van der Waals surface area contributed by atoms with E-state index in [1.54, 1.807) is 12.1 Å². The molecule has 0 heterocycles. The van der Waals surface area contributed by atoms with Gasteiger partial charge in [-0.3, -0.25) is 14.9 Å². The van der Waals surface area contributed by atoms with Crippen LogP contribution >= 0.6 is 0 Å². The molecule has 0 bridgehead atoms. The van der Waals surface area contributed by atoms with Crippen molar-refractivity contribution in [3.05, 3.63) is 64.0 Å². The van der Waals surface area contributed by atoms with Crippen LogP contribution in [0.3, 0.4) is 0 Å². The first-order chi connectivity index (χ1) is 13.3. The molecular formula is C19H19FN2O6. The molecule has 0 aliphatic rings. The van der Waals surface area contributed by atoms with Crippen LogP contribution in [0.2, 0.25) is 0 Å². The number of hydrogen-bond acceptors (Lipinski definition) is 6. The molecule has 0 fully saturated rings. The van der Waals surface area contributed by atoms with E-state index in [1.165, 1.54) is 0 Å². The zero-order chi connectivity index (χ0) is 20.7. The molecule has 148 valence electrons. The number of nitrogens with one attached hydrogen (secondary N) is 1. The Balaban J connectivity index is 1.86. The van der Waals surface area contributed by atoms with Crippen LogP contribution < -0.4 is 10.1 Å². The van der Waals surface area contributed by atoms with Crippen molar-refractivity contribution >= 4 is 23.3 Å². The summed E-state index contributed by atoms with van der Waals surface area (Å²) in [4.78, 5) is 33.6. The van der Waals surface area contributed by atoms with Gasteiger partial charge in [0.05, 0.1) is 10.6 Å². The molecule has 0 unspecified atom stereocenters. The summed E-state index contributed by atoms with van der Waals surface area (Å²) in [5.74, 6) is -1.73. The second-order valence-corrected chi connectivity index (χ2v) is 6.11. The molecule has 28 heavy (non-hydrogen) atoms. The van der Waals surface area contributed by atoms with Crippen LogP contribution in [0.25, 0.3) is 0 Å². The first-order valence-corrected chi connectivity index (χ1v) is 8.39. The number of amides is 1. The molecule has 0 saturated carbocycles. The number of nitro groups is 1. The zero-order valence-corrected chi connectivity index (χ0v) is 15.3. The number of halogens is 1. The third-order valence-electron chi connectivity index (χ3n) is 3.69. The summed E-state index contributed by atoms with van der Waals surface area (Å²) in [6.45, 7) is 2.88. The summed E-state index contributed by atoms with van der Waals surface area (Å²) >= 11 is 0. The summed E-state index contributed by atoms with van der Waals surface area (Å²) in [6.07, 6.45) is 0. The molecule has 0 spiro atoms. The number of carbonyl (C=O) groups is 2. The Morgan fingerprint density at radius 1 is 1.18 bits per heavy atom. The third kappa shape index (κ3) is 5.76. The van der Waals surface area contributed by atoms with E-state index in [9.17, 15) is 24.1 Å². The molecule has 0 aliphatic carbocycles. The summed E-state index contributed by atoms with van der Waals surface area (Å²) in [7, 11) is 0. The Labute approximate surface area is 160 Å². The topological polar surface area (TPSA) is 108 Å². The highest BCUT2D eigenvalue weighted by Crippen LogP contribution is 2.25. The fourth-order valence-corrected chi connectivity index (χ4v) is 2.32. The van der Waals surface area contributed by atoms with Crippen molar-refractivity contribution in [3.8, 4) is 5.75 Å². The Morgan fingerprint density at radius 3 is 2.57 bits per heavy atom. The molecule has 2 rings (SSSR count). The number of carbonyl (C=O) groups excluding carboxylic acids is 2. The molecule has 8 nitrogen and oxygen atoms in total. The average Bonchev–Trinajstić information content (AvgIpc) is 2.66. The smallest absolute Gasteiger partial charge is 0.344 e. The third-order valence-corrected chi connectivity index (χ3v) is 3.69. The van der Waals surface area contributed by atoms with Crippen LogP contribution in [0, 0.1) is 15.9 Å². The lowest BCUT2D eigenvalue weighted by Gasteiger charge is -2.13. The van der Waals surface area contributed by atoms with Gasteiger partial charge in [-0.2, -0.15) is 0 Å². The number of hydrogen-bond donors (Lipinski definition) is 1. The van der Waals surface area contributed by atoms with Gasteiger partial charge in [-0.1, -0.05) is 32.0 Å². The lowest BCUT2D eigenvalue weighted by Crippen LogP contribution is -2.24. The van der Waals surface area contributed by atoms with Crippen molar-refractivity contribution in [3.63, 3.8) is 0 Å². The molecule has 2 aromatic carbocycles. The molecule has 0 aromatic heterocycles. The number of esters is 1. The van der Waals surface area contributed by atoms with E-state index in [-0.39, 0.29) is 17.3 Å². The SMILES string of the molecule is CC(C)c1ccccc1OCC(=O)OCC(=O)Nc1cc([N+](=O)[O-])ccc1F. The monoisotopic (exact) mass is 390 g/mol. The molecule has 0 aliphatic heterocycles. The minimum atomic E-state index is -0.848. The number of nitro benzene ring substituents is 1. The Bertz CT molecular complexity index is 884. The zero-order valence-electron chi connectivity index (χ0n) is 15.3. The standard InChI is InChI=1S/C19H19FN2O6/c1-12(2)14-5-3-4-6-17(14)27-11-19(24)28-10-18(23)21-16-9-13(22(25)26)7-8-15(16)20/h3-9,12H,10-11H2,1-2H3,(H,21,23). The predicted octanol–water partition coefficient (Wildman–Crippen LogP) is 3.42. The number of rotatable bonds is 8. The number of non-ortho nitro benzene ring substituents is 1. The van der Waals surface area contributed by atoms with Gasteiger partial charge >= 0.3 is 5.97 Å². The molecule has 1 amide bonds. The van der Waals surface area contributed by atoms with Crippen molar-refractivity contribution < 1.29 is 28.4 Å². The van der Waals surface area contributed by atoms with E-state index in [1.807, 2.05) is 26.0 Å². The maximum Gasteiger partial charge on any atom is 0.344 e. The van der Waals surface area contributed by atoms with Crippen LogP contribution in [-0.4, -0.2) is 30.0 Å². The largest absolute Gasteiger partial charge is 0.482 e. The van der Waals surface area contributed by atoms with Crippen molar-refractivity contribution in [1.82, 2.24) is 0 Å². The van der Waals surface area contributed by atoms with Gasteiger partial charge in [-0.15, -0.1) is 0 Å². The van der Waals surface area contributed by atoms with Gasteiger partial charge in [-0.05, 0) is 23.6 Å². The first-order valence-electron chi connectivity index (χ1n) is 8.39. The second-order valence-electron chi connectivity index (χ2n) is 6.11. The van der Waals surface area contributed by atoms with Gasteiger partial charge in [0.2, 0.25) is 0 Å². The minimum absolute atomic E-state index is 0.197. The van der Waals surface area contributed by atoms with E-state index in [0.29, 0.717) is 5.75 Å². The molecule has 0 saturated heterocycles. The van der Waals surface area contributed by atoms with E-state index >= 15 is 0 Å². The van der Waals surface area contributed by atoms with Crippen molar-refractivity contribution in [2.75, 3.05) is 18.5 Å². The van der Waals surface area contributed by atoms with Crippen LogP contribution in [0.5, 0.6) is 5.75 Å². The maximum atomic E-state index is 13.6. The van der Waals surface area contributed by atoms with E-state index in [0.717, 1.165) is 23.8 Å². The van der Waals surface area contributed by atoms with Gasteiger partial charge in [0.1, 0.15) is 11.6 Å². The average molecular weight is 390 g/mol. The lowest BCUT2D eigenvalue weighted by molar-refractivity contribution is -0.384. The number of nitrogens with zero attached hydrogens (tertiary/aromatic N) is 1. The van der Waals surface area contributed by atoms with E-state index in [4.69, 9.17) is 9.47 Å². The van der Waals surface area contributed by atoms with Gasteiger partial charge in [-0.25, -0.2) is 9.18 Å². The quantitative estimate of drug-likeness (QED) is 0.420. The highest BCUT2D eigenvalue weighted by atomic mass is 19.1. The summed E-state index contributed by atoms with van der Waals surface area (Å²) in [5.41, 5.74) is 0.164. The molecule has 0 radical (unpaired) electrons. The van der Waals surface area contributed by atoms with Gasteiger partial charge in [0.15, 0.2) is 13.2 Å². The fourth-order valence-electron chi connectivity index (χ4n) is 2.32. The van der Waals surface area contributed by atoms with Crippen LogP contribution in [0.1, 0.15) is 25.3 Å². The lowest BCUT2D eigenvalue weighted by atomic mass is 10.0. The maximum absolute atomic E-state index is 13.6. The Morgan fingerprint density at radius 2 is 1.89 bits per heavy atom. The molecule has 9 heteroatoms. The molecule has 1 N–H and O–H groups in total. The molecule has 2 aromatic rings. The van der Waals surface area contributed by atoms with E-state index < -0.39 is 35.8 Å².